The van der Waals surface area contributed by atoms with Crippen molar-refractivity contribution in [3.05, 3.63) is 29.8 Å². The molecule has 0 fully saturated rings. The molecule has 2 nitrogen and oxygen atoms in total. The highest BCUT2D eigenvalue weighted by Crippen LogP contribution is 2.29. The molecule has 0 bridgehead atoms. The van der Waals surface area contributed by atoms with Crippen molar-refractivity contribution in [2.75, 3.05) is 5.32 Å². The zero-order chi connectivity index (χ0) is 13.8. The van der Waals surface area contributed by atoms with E-state index in [1.54, 1.807) is 0 Å². The minimum Gasteiger partial charge on any atom is -0.360 e. The fourth-order valence-electron chi connectivity index (χ4n) is 1.24. The van der Waals surface area contributed by atoms with E-state index < -0.39 is 11.7 Å². The van der Waals surface area contributed by atoms with Crippen LogP contribution in [0.5, 0.6) is 0 Å². The first-order valence-electron chi connectivity index (χ1n) is 5.57. The van der Waals surface area contributed by atoms with Gasteiger partial charge < -0.3 is 10.6 Å². The first-order valence-corrected chi connectivity index (χ1v) is 5.98. The molecule has 0 aliphatic rings. The van der Waals surface area contributed by atoms with Crippen LogP contribution >= 0.6 is 12.2 Å². The summed E-state index contributed by atoms with van der Waals surface area (Å²) in [7, 11) is 0. The van der Waals surface area contributed by atoms with E-state index in [1.807, 2.05) is 13.8 Å². The van der Waals surface area contributed by atoms with E-state index in [0.717, 1.165) is 18.6 Å². The molecule has 18 heavy (non-hydrogen) atoms. The molecule has 100 valence electrons. The summed E-state index contributed by atoms with van der Waals surface area (Å²) >= 11 is 5.04. The van der Waals surface area contributed by atoms with Gasteiger partial charge in [-0.15, -0.1) is 0 Å². The summed E-state index contributed by atoms with van der Waals surface area (Å²) in [6, 6.07) is 4.97. The Kier molecular flexibility index (Phi) is 4.95. The Morgan fingerprint density at radius 2 is 1.83 bits per heavy atom. The molecule has 0 amide bonds. The highest BCUT2D eigenvalue weighted by molar-refractivity contribution is 7.80. The van der Waals surface area contributed by atoms with E-state index in [0.29, 0.717) is 10.8 Å². The molecule has 1 rings (SSSR count). The molecule has 0 saturated heterocycles. The van der Waals surface area contributed by atoms with Gasteiger partial charge >= 0.3 is 6.18 Å². The number of benzene rings is 1. The number of thiocarbonyl (C=S) groups is 1. The van der Waals surface area contributed by atoms with Crippen molar-refractivity contribution in [2.45, 2.75) is 32.5 Å². The Morgan fingerprint density at radius 1 is 1.28 bits per heavy atom. The minimum absolute atomic E-state index is 0.222. The molecule has 0 aliphatic carbocycles. The molecule has 0 radical (unpaired) electrons. The van der Waals surface area contributed by atoms with Crippen molar-refractivity contribution < 1.29 is 13.2 Å². The zero-order valence-electron chi connectivity index (χ0n) is 10.1. The average Bonchev–Trinajstić information content (AvgIpc) is 2.28. The monoisotopic (exact) mass is 276 g/mol. The van der Waals surface area contributed by atoms with Crippen LogP contribution in [0.4, 0.5) is 18.9 Å². The number of nitrogens with one attached hydrogen (secondary N) is 2. The van der Waals surface area contributed by atoms with E-state index in [-0.39, 0.29) is 6.04 Å². The van der Waals surface area contributed by atoms with E-state index in [9.17, 15) is 13.2 Å². The first kappa shape index (κ1) is 14.8. The maximum absolute atomic E-state index is 12.3. The molecule has 1 aromatic rings. The number of rotatable bonds is 3. The van der Waals surface area contributed by atoms with Gasteiger partial charge in [0.05, 0.1) is 5.56 Å². The SMILES string of the molecule is CC[C@@H](C)NC(=S)Nc1ccc(C(F)(F)F)cc1. The second kappa shape index (κ2) is 6.04. The van der Waals surface area contributed by atoms with Gasteiger partial charge in [-0.05, 0) is 49.8 Å². The third-order valence-electron chi connectivity index (χ3n) is 2.46. The Balaban J connectivity index is 2.61. The molecular formula is C12H15F3N2S. The van der Waals surface area contributed by atoms with E-state index >= 15 is 0 Å². The van der Waals surface area contributed by atoms with Gasteiger partial charge in [0.2, 0.25) is 0 Å². The highest BCUT2D eigenvalue weighted by Gasteiger charge is 2.29. The van der Waals surface area contributed by atoms with E-state index in [2.05, 4.69) is 10.6 Å². The molecule has 0 spiro atoms. The summed E-state index contributed by atoms with van der Waals surface area (Å²) < 4.78 is 37.0. The molecule has 6 heteroatoms. The van der Waals surface area contributed by atoms with Crippen molar-refractivity contribution in [1.82, 2.24) is 5.32 Å². The summed E-state index contributed by atoms with van der Waals surface area (Å²) in [4.78, 5) is 0. The van der Waals surface area contributed by atoms with Crippen LogP contribution in [0.2, 0.25) is 0 Å². The summed E-state index contributed by atoms with van der Waals surface area (Å²) in [6.45, 7) is 3.99. The zero-order valence-corrected chi connectivity index (χ0v) is 11.0. The van der Waals surface area contributed by atoms with Gasteiger partial charge in [0.15, 0.2) is 5.11 Å². The molecule has 0 heterocycles. The number of alkyl halides is 3. The molecule has 0 unspecified atom stereocenters. The predicted octanol–water partition coefficient (Wildman–Crippen LogP) is 3.79. The van der Waals surface area contributed by atoms with Gasteiger partial charge in [-0.1, -0.05) is 6.92 Å². The Bertz CT molecular complexity index is 401. The van der Waals surface area contributed by atoms with Crippen molar-refractivity contribution in [3.8, 4) is 0 Å². The quantitative estimate of drug-likeness (QED) is 0.821. The largest absolute Gasteiger partial charge is 0.416 e. The maximum Gasteiger partial charge on any atom is 0.416 e. The fraction of sp³-hybridized carbons (Fsp3) is 0.417. The van der Waals surface area contributed by atoms with Gasteiger partial charge in [-0.3, -0.25) is 0 Å². The van der Waals surface area contributed by atoms with Crippen LogP contribution in [-0.4, -0.2) is 11.2 Å². The summed E-state index contributed by atoms with van der Waals surface area (Å²) in [5.74, 6) is 0. The predicted molar refractivity (Wildman–Crippen MR) is 70.6 cm³/mol. The second-order valence-corrected chi connectivity index (χ2v) is 4.39. The lowest BCUT2D eigenvalue weighted by Crippen LogP contribution is -2.35. The van der Waals surface area contributed by atoms with E-state index in [1.165, 1.54) is 12.1 Å². The molecule has 0 aliphatic heterocycles. The Hall–Kier alpha value is -1.30. The van der Waals surface area contributed by atoms with Crippen molar-refractivity contribution in [3.63, 3.8) is 0 Å². The topological polar surface area (TPSA) is 24.1 Å². The van der Waals surface area contributed by atoms with E-state index in [4.69, 9.17) is 12.2 Å². The highest BCUT2D eigenvalue weighted by atomic mass is 32.1. The smallest absolute Gasteiger partial charge is 0.360 e. The molecule has 1 atom stereocenters. The summed E-state index contributed by atoms with van der Waals surface area (Å²) in [5.41, 5.74) is -0.141. The van der Waals surface area contributed by atoms with Gasteiger partial charge in [-0.2, -0.15) is 13.2 Å². The lowest BCUT2D eigenvalue weighted by atomic mass is 10.2. The van der Waals surface area contributed by atoms with Crippen LogP contribution in [0, 0.1) is 0 Å². The number of hydrogen-bond acceptors (Lipinski definition) is 1. The number of hydrogen-bond donors (Lipinski definition) is 2. The van der Waals surface area contributed by atoms with Gasteiger partial charge in [0.25, 0.3) is 0 Å². The van der Waals surface area contributed by atoms with Crippen LogP contribution in [0.25, 0.3) is 0 Å². The van der Waals surface area contributed by atoms with Crippen molar-refractivity contribution in [2.24, 2.45) is 0 Å². The fourth-order valence-corrected chi connectivity index (χ4v) is 1.55. The third kappa shape index (κ3) is 4.52. The summed E-state index contributed by atoms with van der Waals surface area (Å²) in [5, 5.41) is 6.27. The lowest BCUT2D eigenvalue weighted by Gasteiger charge is -2.15. The molecule has 0 saturated carbocycles. The van der Waals surface area contributed by atoms with Crippen LogP contribution in [0.15, 0.2) is 24.3 Å². The van der Waals surface area contributed by atoms with Gasteiger partial charge in [-0.25, -0.2) is 0 Å². The van der Waals surface area contributed by atoms with Crippen LogP contribution in [0.3, 0.4) is 0 Å². The molecule has 2 N–H and O–H groups in total. The molecular weight excluding hydrogens is 261 g/mol. The number of anilines is 1. The average molecular weight is 276 g/mol. The van der Waals surface area contributed by atoms with Crippen LogP contribution < -0.4 is 10.6 Å². The number of halogens is 3. The van der Waals surface area contributed by atoms with Gasteiger partial charge in [0.1, 0.15) is 0 Å². The molecule has 0 aromatic heterocycles. The van der Waals surface area contributed by atoms with Crippen LogP contribution in [0.1, 0.15) is 25.8 Å². The first-order chi connectivity index (χ1) is 8.32. The normalized spacial score (nSPS) is 12.9. The Labute approximate surface area is 110 Å². The molecule has 1 aromatic carbocycles. The minimum atomic E-state index is -4.31. The van der Waals surface area contributed by atoms with Gasteiger partial charge in [0, 0.05) is 11.7 Å². The summed E-state index contributed by atoms with van der Waals surface area (Å²) in [6.07, 6.45) is -3.40. The van der Waals surface area contributed by atoms with Crippen LogP contribution in [-0.2, 0) is 6.18 Å². The second-order valence-electron chi connectivity index (χ2n) is 3.98. The van der Waals surface area contributed by atoms with Crippen molar-refractivity contribution in [1.29, 1.82) is 0 Å². The third-order valence-corrected chi connectivity index (χ3v) is 2.68. The lowest BCUT2D eigenvalue weighted by molar-refractivity contribution is -0.137. The standard InChI is InChI=1S/C12H15F3N2S/c1-3-8(2)16-11(18)17-10-6-4-9(5-7-10)12(13,14)15/h4-8H,3H2,1-2H3,(H2,16,17,18)/t8-/m1/s1. The maximum atomic E-state index is 12.3. The Morgan fingerprint density at radius 3 is 2.28 bits per heavy atom. The van der Waals surface area contributed by atoms with Crippen molar-refractivity contribution >= 4 is 23.0 Å².